The van der Waals surface area contributed by atoms with Gasteiger partial charge in [0.05, 0.1) is 0 Å². The van der Waals surface area contributed by atoms with Crippen LogP contribution in [0.1, 0.15) is 64.7 Å². The second-order valence-electron chi connectivity index (χ2n) is 7.08. The highest BCUT2D eigenvalue weighted by molar-refractivity contribution is 5.15. The Labute approximate surface area is 170 Å². The Morgan fingerprint density at radius 2 is 0.871 bits per heavy atom. The van der Waals surface area contributed by atoms with Crippen LogP contribution in [0, 0.1) is 0 Å². The topological polar surface area (TPSA) is 0 Å². The SMILES string of the molecule is CCCCCCCCCCC=CC(F)(F)C(F)(F)C(F)(F)C(F)(F)C(F)(F)C(F)(F)F. The minimum atomic E-state index is -7.85. The van der Waals surface area contributed by atoms with E-state index in [1.807, 2.05) is 6.92 Å². The second kappa shape index (κ2) is 10.6. The fourth-order valence-corrected chi connectivity index (χ4v) is 2.51. The first-order valence-corrected chi connectivity index (χ1v) is 9.44. The van der Waals surface area contributed by atoms with Crippen molar-refractivity contribution in [1.82, 2.24) is 0 Å². The summed E-state index contributed by atoms with van der Waals surface area (Å²) in [6.07, 6.45) is -2.30. The first kappa shape index (κ1) is 29.8. The Bertz CT molecular complexity index is 561. The minimum absolute atomic E-state index is 0.157. The Kier molecular flexibility index (Phi) is 10.2. The highest BCUT2D eigenvalue weighted by atomic mass is 19.4. The van der Waals surface area contributed by atoms with Crippen molar-refractivity contribution in [2.75, 3.05) is 0 Å². The van der Waals surface area contributed by atoms with Crippen LogP contribution in [0.15, 0.2) is 12.2 Å². The molecular formula is C18H23F13. The maximum Gasteiger partial charge on any atom is 0.460 e. The Morgan fingerprint density at radius 3 is 1.29 bits per heavy atom. The van der Waals surface area contributed by atoms with Crippen LogP contribution in [0.2, 0.25) is 0 Å². The molecule has 13 heteroatoms. The first-order valence-electron chi connectivity index (χ1n) is 9.44. The van der Waals surface area contributed by atoms with Crippen LogP contribution < -0.4 is 0 Å². The van der Waals surface area contributed by atoms with Crippen LogP contribution in [-0.4, -0.2) is 35.8 Å². The molecule has 0 N–H and O–H groups in total. The normalized spacial score (nSPS) is 15.2. The van der Waals surface area contributed by atoms with Crippen molar-refractivity contribution in [1.29, 1.82) is 0 Å². The van der Waals surface area contributed by atoms with E-state index >= 15 is 0 Å². The van der Waals surface area contributed by atoms with E-state index in [-0.39, 0.29) is 18.9 Å². The summed E-state index contributed by atoms with van der Waals surface area (Å²) in [7, 11) is 0. The van der Waals surface area contributed by atoms with E-state index in [1.54, 1.807) is 0 Å². The number of unbranched alkanes of at least 4 members (excludes halogenated alkanes) is 8. The second-order valence-corrected chi connectivity index (χ2v) is 7.08. The lowest BCUT2D eigenvalue weighted by atomic mass is 9.93. The van der Waals surface area contributed by atoms with Gasteiger partial charge in [-0.25, -0.2) is 0 Å². The summed E-state index contributed by atoms with van der Waals surface area (Å²) in [6, 6.07) is 0. The number of hydrogen-bond donors (Lipinski definition) is 0. The fourth-order valence-electron chi connectivity index (χ4n) is 2.51. The average molecular weight is 486 g/mol. The van der Waals surface area contributed by atoms with Crippen molar-refractivity contribution in [2.24, 2.45) is 0 Å². The van der Waals surface area contributed by atoms with Gasteiger partial charge in [-0.3, -0.25) is 0 Å². The van der Waals surface area contributed by atoms with E-state index in [2.05, 4.69) is 0 Å². The third-order valence-electron chi connectivity index (χ3n) is 4.51. The summed E-state index contributed by atoms with van der Waals surface area (Å²) >= 11 is 0. The summed E-state index contributed by atoms with van der Waals surface area (Å²) in [4.78, 5) is 0. The molecule has 0 aromatic carbocycles. The third kappa shape index (κ3) is 6.43. The standard InChI is InChI=1S/C18H23F13/c1-2-3-4-5-6-7-8-9-10-11-12-13(19,20)14(21,22)15(23,24)16(25,26)17(27,28)18(29,30)31/h11-12H,2-10H2,1H3. The molecule has 0 amide bonds. The van der Waals surface area contributed by atoms with Gasteiger partial charge in [-0.2, -0.15) is 57.1 Å². The summed E-state index contributed by atoms with van der Waals surface area (Å²) in [5.74, 6) is -36.6. The van der Waals surface area contributed by atoms with Gasteiger partial charge in [0.1, 0.15) is 0 Å². The molecule has 0 atom stereocenters. The Hall–Kier alpha value is -1.17. The Morgan fingerprint density at radius 1 is 0.484 bits per heavy atom. The number of allylic oxidation sites excluding steroid dienone is 2. The van der Waals surface area contributed by atoms with E-state index in [1.165, 1.54) is 0 Å². The van der Waals surface area contributed by atoms with E-state index in [9.17, 15) is 57.1 Å². The molecule has 0 aromatic heterocycles. The highest BCUT2D eigenvalue weighted by Crippen LogP contribution is 2.60. The summed E-state index contributed by atoms with van der Waals surface area (Å²) in [5, 5.41) is 0. The van der Waals surface area contributed by atoms with Gasteiger partial charge in [-0.05, 0) is 18.9 Å². The molecule has 0 radical (unpaired) electrons. The monoisotopic (exact) mass is 486 g/mol. The molecule has 0 fully saturated rings. The predicted molar refractivity (Wildman–Crippen MR) is 87.2 cm³/mol. The number of halogens is 13. The zero-order valence-electron chi connectivity index (χ0n) is 16.4. The van der Waals surface area contributed by atoms with Crippen molar-refractivity contribution < 1.29 is 57.1 Å². The summed E-state index contributed by atoms with van der Waals surface area (Å²) in [6.45, 7) is 2.00. The van der Waals surface area contributed by atoms with Crippen molar-refractivity contribution in [3.05, 3.63) is 12.2 Å². The molecule has 0 rings (SSSR count). The molecule has 31 heavy (non-hydrogen) atoms. The molecule has 0 nitrogen and oxygen atoms in total. The maximum absolute atomic E-state index is 13.5. The van der Waals surface area contributed by atoms with Gasteiger partial charge in [0.15, 0.2) is 0 Å². The van der Waals surface area contributed by atoms with Crippen LogP contribution in [0.4, 0.5) is 57.1 Å². The van der Waals surface area contributed by atoms with Crippen molar-refractivity contribution >= 4 is 0 Å². The van der Waals surface area contributed by atoms with Gasteiger partial charge in [0.2, 0.25) is 0 Å². The van der Waals surface area contributed by atoms with Gasteiger partial charge in [0.25, 0.3) is 0 Å². The molecule has 0 aromatic rings. The van der Waals surface area contributed by atoms with E-state index in [4.69, 9.17) is 0 Å². The van der Waals surface area contributed by atoms with Crippen molar-refractivity contribution in [2.45, 2.75) is 101 Å². The molecule has 0 aliphatic heterocycles. The smallest absolute Gasteiger partial charge is 0.195 e. The lowest BCUT2D eigenvalue weighted by Crippen LogP contribution is -2.69. The average Bonchev–Trinajstić information content (AvgIpc) is 2.61. The Balaban J connectivity index is 5.15. The molecular weight excluding hydrogens is 463 g/mol. The molecule has 0 saturated heterocycles. The molecule has 0 aliphatic rings. The molecule has 0 spiro atoms. The van der Waals surface area contributed by atoms with E-state index in [0.717, 1.165) is 32.1 Å². The zero-order chi connectivity index (χ0) is 24.8. The van der Waals surface area contributed by atoms with Crippen LogP contribution in [-0.2, 0) is 0 Å². The van der Waals surface area contributed by atoms with Gasteiger partial charge in [-0.15, -0.1) is 0 Å². The summed E-state index contributed by atoms with van der Waals surface area (Å²) < 4.78 is 168. The molecule has 0 heterocycles. The fraction of sp³-hybridized carbons (Fsp3) is 0.889. The lowest BCUT2D eigenvalue weighted by Gasteiger charge is -2.39. The molecule has 0 bridgehead atoms. The van der Waals surface area contributed by atoms with Gasteiger partial charge in [-0.1, -0.05) is 57.9 Å². The quantitative estimate of drug-likeness (QED) is 0.131. The molecule has 0 saturated carbocycles. The summed E-state index contributed by atoms with van der Waals surface area (Å²) in [5.41, 5.74) is 0. The third-order valence-corrected chi connectivity index (χ3v) is 4.51. The number of hydrogen-bond acceptors (Lipinski definition) is 0. The predicted octanol–water partition coefficient (Wildman–Crippen LogP) is 8.81. The van der Waals surface area contributed by atoms with Crippen LogP contribution >= 0.6 is 0 Å². The van der Waals surface area contributed by atoms with Gasteiger partial charge < -0.3 is 0 Å². The maximum atomic E-state index is 13.5. The zero-order valence-corrected chi connectivity index (χ0v) is 16.4. The highest BCUT2D eigenvalue weighted by Gasteiger charge is 2.90. The van der Waals surface area contributed by atoms with Crippen LogP contribution in [0.25, 0.3) is 0 Å². The van der Waals surface area contributed by atoms with E-state index in [0.29, 0.717) is 12.8 Å². The first-order chi connectivity index (χ1) is 13.8. The van der Waals surface area contributed by atoms with Crippen molar-refractivity contribution in [3.8, 4) is 0 Å². The van der Waals surface area contributed by atoms with Gasteiger partial charge in [0, 0.05) is 0 Å². The number of alkyl halides is 13. The minimum Gasteiger partial charge on any atom is -0.195 e. The van der Waals surface area contributed by atoms with Gasteiger partial charge >= 0.3 is 35.8 Å². The van der Waals surface area contributed by atoms with Crippen LogP contribution in [0.5, 0.6) is 0 Å². The molecule has 0 aliphatic carbocycles. The van der Waals surface area contributed by atoms with E-state index < -0.39 is 41.9 Å². The van der Waals surface area contributed by atoms with Crippen LogP contribution in [0.3, 0.4) is 0 Å². The molecule has 186 valence electrons. The largest absolute Gasteiger partial charge is 0.460 e. The van der Waals surface area contributed by atoms with Crippen molar-refractivity contribution in [3.63, 3.8) is 0 Å². The molecule has 0 unspecified atom stereocenters. The number of rotatable bonds is 14. The lowest BCUT2D eigenvalue weighted by molar-refractivity contribution is -0.436.